The van der Waals surface area contributed by atoms with Crippen molar-refractivity contribution in [3.05, 3.63) is 0 Å². The van der Waals surface area contributed by atoms with Gasteiger partial charge in [0.25, 0.3) is 0 Å². The summed E-state index contributed by atoms with van der Waals surface area (Å²) in [7, 11) is -9.90. The van der Waals surface area contributed by atoms with E-state index >= 15 is 0 Å². The Bertz CT molecular complexity index is 1730. The average molecular weight is 1310 g/mol. The van der Waals surface area contributed by atoms with Gasteiger partial charge in [-0.1, -0.05) is 305 Å². The number of phosphoric ester groups is 2. The van der Waals surface area contributed by atoms with Crippen LogP contribution >= 0.6 is 15.6 Å². The molecule has 0 aliphatic heterocycles. The Morgan fingerprint density at radius 2 is 0.517 bits per heavy atom. The molecule has 0 aliphatic carbocycles. The molecule has 0 bridgehead atoms. The third kappa shape index (κ3) is 64.6. The molecule has 0 rings (SSSR count). The van der Waals surface area contributed by atoms with Crippen LogP contribution in [-0.4, -0.2) is 96.7 Å². The third-order valence-corrected chi connectivity index (χ3v) is 18.1. The van der Waals surface area contributed by atoms with Gasteiger partial charge in [-0.3, -0.25) is 37.3 Å². The van der Waals surface area contributed by atoms with Crippen LogP contribution in [-0.2, 0) is 65.4 Å². The lowest BCUT2D eigenvalue weighted by atomic mass is 10.0. The smallest absolute Gasteiger partial charge is 0.462 e. The zero-order valence-electron chi connectivity index (χ0n) is 57.7. The van der Waals surface area contributed by atoms with Gasteiger partial charge in [-0.15, -0.1) is 0 Å². The van der Waals surface area contributed by atoms with Crippen LogP contribution in [0.15, 0.2) is 0 Å². The van der Waals surface area contributed by atoms with E-state index < -0.39 is 97.5 Å². The second kappa shape index (κ2) is 62.2. The van der Waals surface area contributed by atoms with Gasteiger partial charge in [-0.25, -0.2) is 9.13 Å². The Balaban J connectivity index is 5.22. The maximum atomic E-state index is 13.0. The van der Waals surface area contributed by atoms with Crippen molar-refractivity contribution in [1.82, 2.24) is 0 Å². The second-order valence-electron chi connectivity index (χ2n) is 26.2. The Kier molecular flexibility index (Phi) is 60.8. The molecule has 0 fully saturated rings. The number of carbonyl (C=O) groups excluding carboxylic acids is 4. The molecule has 528 valence electrons. The van der Waals surface area contributed by atoms with Crippen LogP contribution in [0.25, 0.3) is 0 Å². The fourth-order valence-corrected chi connectivity index (χ4v) is 12.2. The van der Waals surface area contributed by atoms with Gasteiger partial charge >= 0.3 is 39.5 Å². The van der Waals surface area contributed by atoms with Crippen LogP contribution in [0.2, 0.25) is 0 Å². The van der Waals surface area contributed by atoms with Crippen molar-refractivity contribution in [3.8, 4) is 0 Å². The first-order valence-electron chi connectivity index (χ1n) is 36.5. The van der Waals surface area contributed by atoms with Gasteiger partial charge in [-0.2, -0.15) is 0 Å². The van der Waals surface area contributed by atoms with Crippen molar-refractivity contribution in [2.75, 3.05) is 39.6 Å². The molecule has 2 unspecified atom stereocenters. The fourth-order valence-electron chi connectivity index (χ4n) is 10.6. The highest BCUT2D eigenvalue weighted by Crippen LogP contribution is 2.45. The van der Waals surface area contributed by atoms with Crippen molar-refractivity contribution in [1.29, 1.82) is 0 Å². The number of hydrogen-bond donors (Lipinski definition) is 3. The highest BCUT2D eigenvalue weighted by atomic mass is 31.2. The van der Waals surface area contributed by atoms with E-state index in [1.165, 1.54) is 167 Å². The van der Waals surface area contributed by atoms with E-state index in [0.29, 0.717) is 31.6 Å². The second-order valence-corrected chi connectivity index (χ2v) is 29.1. The number of aliphatic hydroxyl groups excluding tert-OH is 1. The Labute approximate surface area is 543 Å². The average Bonchev–Trinajstić information content (AvgIpc) is 3.65. The normalized spacial score (nSPS) is 14.1. The van der Waals surface area contributed by atoms with Gasteiger partial charge in [0.1, 0.15) is 19.3 Å². The minimum Gasteiger partial charge on any atom is -0.462 e. The first-order chi connectivity index (χ1) is 42.9. The monoisotopic (exact) mass is 1310 g/mol. The lowest BCUT2D eigenvalue weighted by Gasteiger charge is -2.21. The van der Waals surface area contributed by atoms with Gasteiger partial charge in [0.2, 0.25) is 0 Å². The fraction of sp³-hybridized carbons (Fsp3) is 0.943. The number of ether oxygens (including phenoxy) is 4. The summed E-state index contributed by atoms with van der Waals surface area (Å²) in [5.41, 5.74) is 0. The molecule has 0 aliphatic rings. The zero-order valence-corrected chi connectivity index (χ0v) is 59.5. The lowest BCUT2D eigenvalue weighted by Crippen LogP contribution is -2.30. The Hall–Kier alpha value is -1.94. The summed E-state index contributed by atoms with van der Waals surface area (Å²) in [6, 6.07) is 0. The molecule has 17 nitrogen and oxygen atoms in total. The quantitative estimate of drug-likeness (QED) is 0.0222. The Morgan fingerprint density at radius 3 is 0.764 bits per heavy atom. The van der Waals surface area contributed by atoms with Crippen LogP contribution in [0, 0.1) is 11.8 Å². The predicted molar refractivity (Wildman–Crippen MR) is 358 cm³/mol. The van der Waals surface area contributed by atoms with Crippen LogP contribution in [0.5, 0.6) is 0 Å². The largest absolute Gasteiger partial charge is 0.472 e. The predicted octanol–water partition coefficient (Wildman–Crippen LogP) is 20.0. The van der Waals surface area contributed by atoms with Gasteiger partial charge in [0.05, 0.1) is 26.4 Å². The summed E-state index contributed by atoms with van der Waals surface area (Å²) in [6.07, 6.45) is 47.3. The number of phosphoric acid groups is 2. The first-order valence-corrected chi connectivity index (χ1v) is 39.5. The molecule has 19 heteroatoms. The summed E-state index contributed by atoms with van der Waals surface area (Å²) in [6.45, 7) is 9.46. The molecule has 0 heterocycles. The van der Waals surface area contributed by atoms with Crippen molar-refractivity contribution >= 4 is 39.5 Å². The number of rotatable bonds is 69. The number of hydrogen-bond acceptors (Lipinski definition) is 15. The van der Waals surface area contributed by atoms with Gasteiger partial charge < -0.3 is 33.8 Å². The van der Waals surface area contributed by atoms with Gasteiger partial charge in [0.15, 0.2) is 12.2 Å². The maximum absolute atomic E-state index is 13.0. The summed E-state index contributed by atoms with van der Waals surface area (Å²) in [4.78, 5) is 72.5. The van der Waals surface area contributed by atoms with Gasteiger partial charge in [-0.05, 0) is 37.5 Å². The molecule has 0 aromatic heterocycles. The highest BCUT2D eigenvalue weighted by Gasteiger charge is 2.30. The molecular formula is C70H136O17P2. The summed E-state index contributed by atoms with van der Waals surface area (Å²) < 4.78 is 68.2. The highest BCUT2D eigenvalue weighted by molar-refractivity contribution is 7.47. The number of esters is 4. The number of carbonyl (C=O) groups is 4. The van der Waals surface area contributed by atoms with E-state index in [-0.39, 0.29) is 25.7 Å². The van der Waals surface area contributed by atoms with Crippen LogP contribution in [0.3, 0.4) is 0 Å². The van der Waals surface area contributed by atoms with Crippen molar-refractivity contribution in [3.63, 3.8) is 0 Å². The molecule has 0 amide bonds. The molecule has 0 saturated carbocycles. The summed E-state index contributed by atoms with van der Waals surface area (Å²) >= 11 is 0. The van der Waals surface area contributed by atoms with Crippen LogP contribution in [0.4, 0.5) is 0 Å². The van der Waals surface area contributed by atoms with E-state index in [4.69, 9.17) is 37.0 Å². The standard InChI is InChI=1S/C70H136O17P2/c1-7-9-11-13-15-17-19-20-21-22-23-24-26-28-36-43-49-55-70(75)86-65(58-80-67(72)52-46-40-34-30-29-32-38-44-50-62(3)4)60-84-88(76,77)82-56-64(71)57-83-89(78,79)85-61-66(59-81-68(73)53-47-41-37-31-33-39-45-51-63(5)6)87-69(74)54-48-42-35-27-25-18-16-14-12-10-8-2/h62-66,71H,7-61H2,1-6H3,(H,76,77)(H,78,79)/t64-,65-,66-/m1/s1. The van der Waals surface area contributed by atoms with Crippen LogP contribution in [0.1, 0.15) is 356 Å². The molecule has 3 N–H and O–H groups in total. The van der Waals surface area contributed by atoms with E-state index in [1.807, 2.05) is 0 Å². The molecule has 89 heavy (non-hydrogen) atoms. The maximum Gasteiger partial charge on any atom is 0.472 e. The molecule has 0 aromatic rings. The van der Waals surface area contributed by atoms with Crippen molar-refractivity contribution in [2.45, 2.75) is 374 Å². The number of aliphatic hydroxyl groups is 1. The topological polar surface area (TPSA) is 237 Å². The molecule has 0 radical (unpaired) electrons. The molecule has 0 saturated heterocycles. The molecular weight excluding hydrogens is 1170 g/mol. The minimum atomic E-state index is -4.95. The molecule has 0 spiro atoms. The van der Waals surface area contributed by atoms with Crippen molar-refractivity contribution in [2.24, 2.45) is 11.8 Å². The van der Waals surface area contributed by atoms with E-state index in [1.54, 1.807) is 0 Å². The first kappa shape index (κ1) is 87.1. The van der Waals surface area contributed by atoms with Crippen molar-refractivity contribution < 1.29 is 80.2 Å². The van der Waals surface area contributed by atoms with E-state index in [9.17, 15) is 43.2 Å². The number of unbranched alkanes of at least 4 members (excludes halogenated alkanes) is 39. The summed E-state index contributed by atoms with van der Waals surface area (Å²) in [5, 5.41) is 10.6. The Morgan fingerprint density at radius 1 is 0.303 bits per heavy atom. The SMILES string of the molecule is CCCCCCCCCCCCCCCCCCCC(=O)O[C@H](COC(=O)CCCCCCCCCCC(C)C)COP(=O)(O)OC[C@@H](O)COP(=O)(O)OC[C@@H](COC(=O)CCCCCCCCCC(C)C)OC(=O)CCCCCCCCCCCCC. The lowest BCUT2D eigenvalue weighted by molar-refractivity contribution is -0.161. The van der Waals surface area contributed by atoms with E-state index in [0.717, 1.165) is 102 Å². The minimum absolute atomic E-state index is 0.106. The molecule has 5 atom stereocenters. The zero-order chi connectivity index (χ0) is 65.7. The molecule has 0 aromatic carbocycles. The summed E-state index contributed by atoms with van der Waals surface area (Å²) in [5.74, 6) is -0.693. The van der Waals surface area contributed by atoms with E-state index in [2.05, 4.69) is 41.5 Å². The van der Waals surface area contributed by atoms with Crippen LogP contribution < -0.4 is 0 Å². The van der Waals surface area contributed by atoms with Gasteiger partial charge in [0, 0.05) is 25.7 Å². The third-order valence-electron chi connectivity index (χ3n) is 16.2.